The topological polar surface area (TPSA) is 32.8 Å². The Labute approximate surface area is 409 Å². The van der Waals surface area contributed by atoms with Crippen LogP contribution in [0.1, 0.15) is 0 Å². The van der Waals surface area contributed by atoms with Gasteiger partial charge in [0.1, 0.15) is 5.58 Å². The maximum absolute atomic E-state index is 6.73. The van der Waals surface area contributed by atoms with E-state index in [4.69, 9.17) is 8.83 Å². The molecule has 68 heavy (non-hydrogen) atoms. The summed E-state index contributed by atoms with van der Waals surface area (Å²) >= 11 is 6.52. The molecule has 11 aromatic carbocycles. The van der Waals surface area contributed by atoms with Crippen LogP contribution in [0, 0.1) is 0 Å². The van der Waals surface area contributed by atoms with Crippen LogP contribution < -0.4 is 18.7 Å². The number of para-hydroxylation sites is 2. The van der Waals surface area contributed by atoms with E-state index in [0.717, 1.165) is 120 Å². The van der Waals surface area contributed by atoms with E-state index < -0.39 is 0 Å². The predicted molar refractivity (Wildman–Crippen MR) is 287 cm³/mol. The van der Waals surface area contributed by atoms with Crippen LogP contribution in [0.3, 0.4) is 0 Å². The molecule has 0 aliphatic heterocycles. The quantitative estimate of drug-likeness (QED) is 0.142. The van der Waals surface area contributed by atoms with Crippen LogP contribution >= 0.6 is 0 Å². The Balaban J connectivity index is 0.915. The Kier molecular flexibility index (Phi) is 9.82. The number of furan rings is 2. The summed E-state index contributed by atoms with van der Waals surface area (Å²) in [6, 6.07) is 82.0. The molecule has 0 N–H and O–H groups in total. The van der Waals surface area contributed by atoms with Crippen LogP contribution in [-0.2, 0) is 0 Å². The fraction of sp³-hybridized carbons (Fsp3) is 0. The first-order valence-electron chi connectivity index (χ1n) is 22.6. The van der Waals surface area contributed by atoms with Crippen molar-refractivity contribution < 1.29 is 8.83 Å². The van der Waals surface area contributed by atoms with E-state index in [1.165, 1.54) is 11.1 Å². The second kappa shape index (κ2) is 16.5. The summed E-state index contributed by atoms with van der Waals surface area (Å²) in [7, 11) is 0. The summed E-state index contributed by atoms with van der Waals surface area (Å²) in [4.78, 5) is 4.65. The van der Waals surface area contributed by atoms with Gasteiger partial charge in [-0.15, -0.1) is 0 Å². The van der Waals surface area contributed by atoms with Crippen molar-refractivity contribution in [3.8, 4) is 22.3 Å². The Morgan fingerprint density at radius 1 is 0.279 bits per heavy atom. The molecule has 0 saturated heterocycles. The molecule has 0 amide bonds. The number of nitrogens with zero attached hydrogens (tertiary/aromatic N) is 2. The molecule has 320 valence electrons. The van der Waals surface area contributed by atoms with E-state index >= 15 is 0 Å². The average Bonchev–Trinajstić information content (AvgIpc) is 3.93. The van der Waals surface area contributed by atoms with Gasteiger partial charge in [0.15, 0.2) is 0 Å². The summed E-state index contributed by atoms with van der Waals surface area (Å²) in [6.07, 6.45) is 0. The van der Waals surface area contributed by atoms with Crippen molar-refractivity contribution in [1.29, 1.82) is 0 Å². The van der Waals surface area contributed by atoms with Gasteiger partial charge < -0.3 is 0 Å². The van der Waals surface area contributed by atoms with E-state index in [9.17, 15) is 0 Å². The Morgan fingerprint density at radius 2 is 0.735 bits per heavy atom. The first kappa shape index (κ1) is 40.5. The number of hydrogen-bond acceptors (Lipinski definition) is 4. The van der Waals surface area contributed by atoms with Gasteiger partial charge in [0.05, 0.1) is 0 Å². The van der Waals surface area contributed by atoms with Crippen LogP contribution in [0.5, 0.6) is 0 Å². The molecule has 0 unspecified atom stereocenters. The summed E-state index contributed by atoms with van der Waals surface area (Å²) in [5.41, 5.74) is 14.5. The zero-order chi connectivity index (χ0) is 45.3. The van der Waals surface area contributed by atoms with Gasteiger partial charge in [0.25, 0.3) is 0 Å². The zero-order valence-corrected chi connectivity index (χ0v) is 39.9. The van der Waals surface area contributed by atoms with E-state index in [1.807, 2.05) is 12.1 Å². The minimum atomic E-state index is 0.835. The van der Waals surface area contributed by atoms with Gasteiger partial charge in [-0.2, -0.15) is 0 Å². The first-order chi connectivity index (χ1) is 33.5. The van der Waals surface area contributed by atoms with Gasteiger partial charge in [-0.3, -0.25) is 0 Å². The second-order valence-electron chi connectivity index (χ2n) is 17.2. The molecule has 0 fully saturated rings. The molecule has 2 aromatic heterocycles. The van der Waals surface area contributed by atoms with E-state index in [0.29, 0.717) is 0 Å². The first-order valence-corrected chi connectivity index (χ1v) is 24.3. The van der Waals surface area contributed by atoms with E-state index in [2.05, 4.69) is 260 Å². The summed E-state index contributed by atoms with van der Waals surface area (Å²) in [5, 5.41) is 8.72. The minimum absolute atomic E-state index is 0.835. The number of hydrogen-bond donors (Lipinski definition) is 0. The number of benzene rings is 11. The summed E-state index contributed by atoms with van der Waals surface area (Å²) in [6.45, 7) is 0. The van der Waals surface area contributed by atoms with Crippen molar-refractivity contribution in [2.24, 2.45) is 0 Å². The van der Waals surface area contributed by atoms with Crippen molar-refractivity contribution in [2.45, 2.75) is 0 Å². The van der Waals surface area contributed by atoms with Gasteiger partial charge in [0, 0.05) is 5.39 Å². The number of rotatable bonds is 8. The molecule has 0 atom stereocenters. The molecule has 0 aliphatic carbocycles. The van der Waals surface area contributed by atoms with Gasteiger partial charge in [-0.05, 0) is 12.1 Å². The molecular formula is C62H38N2O2Se2. The van der Waals surface area contributed by atoms with Gasteiger partial charge in [-0.25, -0.2) is 0 Å². The number of fused-ring (bicyclic) bond motifs is 9. The molecule has 13 rings (SSSR count). The number of anilines is 6. The van der Waals surface area contributed by atoms with Crippen molar-refractivity contribution >= 4 is 140 Å². The molecular weight excluding hydrogens is 963 g/mol. The molecule has 6 heteroatoms. The van der Waals surface area contributed by atoms with Crippen LogP contribution in [-0.4, -0.2) is 32.0 Å². The normalized spacial score (nSPS) is 11.6. The fourth-order valence-electron chi connectivity index (χ4n) is 9.94. The van der Waals surface area contributed by atoms with Crippen molar-refractivity contribution in [3.05, 3.63) is 231 Å². The average molecular weight is 1000 g/mol. The summed E-state index contributed by atoms with van der Waals surface area (Å²) < 4.78 is 15.7. The van der Waals surface area contributed by atoms with E-state index in [1.54, 1.807) is 0 Å². The Bertz CT molecular complexity index is 4070. The van der Waals surface area contributed by atoms with Crippen LogP contribution in [0.4, 0.5) is 34.1 Å². The van der Waals surface area contributed by atoms with Crippen LogP contribution in [0.25, 0.3) is 87.7 Å². The molecule has 0 saturated carbocycles. The van der Waals surface area contributed by atoms with Gasteiger partial charge in [-0.1, -0.05) is 0 Å². The Morgan fingerprint density at radius 3 is 1.31 bits per heavy atom. The molecule has 13 aromatic rings. The molecule has 4 nitrogen and oxygen atoms in total. The summed E-state index contributed by atoms with van der Waals surface area (Å²) in [5.74, 6) is 0. The monoisotopic (exact) mass is 1000 g/mol. The molecule has 0 spiro atoms. The third-order valence-corrected chi connectivity index (χ3v) is 14.6. The molecule has 2 heterocycles. The van der Waals surface area contributed by atoms with E-state index in [-0.39, 0.29) is 0 Å². The molecule has 0 bridgehead atoms. The van der Waals surface area contributed by atoms with Crippen LogP contribution in [0.15, 0.2) is 239 Å². The van der Waals surface area contributed by atoms with Gasteiger partial charge in [0.2, 0.25) is 0 Å². The molecule has 0 aliphatic rings. The van der Waals surface area contributed by atoms with Crippen LogP contribution in [0.2, 0.25) is 0 Å². The fourth-order valence-corrected chi connectivity index (χ4v) is 11.0. The molecule has 2 radical (unpaired) electrons. The standard InChI is InChI=1S/C62H38N2O2Se2/c67-59-22-11-10-21-51(59)42-15-12-20-47(31-42)63(45-16-6-2-7-17-45)48-25-23-40-34-53-57(36-43(40)32-48)65-55-28-29-56-62(61(53)55)54-35-41-24-26-49(33-44(41)37-58(54)66-56)64(46-18-8-3-9-19-46)50-27-30-60(68)52(38-50)39-13-4-1-5-14-39/h1-38H. The van der Waals surface area contributed by atoms with Crippen molar-refractivity contribution in [3.63, 3.8) is 0 Å². The van der Waals surface area contributed by atoms with Gasteiger partial charge >= 0.3 is 389 Å². The van der Waals surface area contributed by atoms with Crippen molar-refractivity contribution in [1.82, 2.24) is 0 Å². The maximum atomic E-state index is 6.73. The Hall–Kier alpha value is -7.82. The second-order valence-corrected chi connectivity index (χ2v) is 19.1. The zero-order valence-electron chi connectivity index (χ0n) is 36.5. The third kappa shape index (κ3) is 6.97. The SMILES string of the molecule is [Se]c1ccccc1-c1cccc(N(c2ccccc2)c2ccc3cc4c(cc3c2)oc2ccc3oc5cc6cc(N(c7ccccc7)c7ccc([Se])c(-c8ccccc8)c7)ccc6cc5c3c24)c1. The van der Waals surface area contributed by atoms with Crippen molar-refractivity contribution in [2.75, 3.05) is 9.80 Å². The predicted octanol–water partition coefficient (Wildman–Crippen LogP) is 15.7. The third-order valence-electron chi connectivity index (χ3n) is 13.1.